The Morgan fingerprint density at radius 3 is 1.38 bits per heavy atom. The van der Waals surface area contributed by atoms with Gasteiger partial charge in [0.25, 0.3) is 0 Å². The molecule has 5 aromatic rings. The molecule has 12 heteroatoms. The number of oxazole rings is 2. The molecule has 3 aromatic carbocycles. The fourth-order valence-electron chi connectivity index (χ4n) is 3.36. The number of fused-ring (bicyclic) bond motifs is 2. The van der Waals surface area contributed by atoms with Gasteiger partial charge in [-0.15, -0.1) is 0 Å². The monoisotopic (exact) mass is 480 g/mol. The number of alkyl halides is 6. The van der Waals surface area contributed by atoms with Gasteiger partial charge in [0.2, 0.25) is 11.8 Å². The van der Waals surface area contributed by atoms with Crippen LogP contribution in [-0.2, 0) is 12.4 Å². The lowest BCUT2D eigenvalue weighted by molar-refractivity contribution is -0.138. The van der Waals surface area contributed by atoms with Gasteiger partial charge in [-0.05, 0) is 42.5 Å². The van der Waals surface area contributed by atoms with Crippen LogP contribution in [0.2, 0.25) is 0 Å². The summed E-state index contributed by atoms with van der Waals surface area (Å²) in [5.74, 6) is -1.55. The van der Waals surface area contributed by atoms with Crippen LogP contribution in [0.15, 0.2) is 57.4 Å². The molecule has 34 heavy (non-hydrogen) atoms. The summed E-state index contributed by atoms with van der Waals surface area (Å²) in [5, 5.41) is 20.5. The summed E-state index contributed by atoms with van der Waals surface area (Å²) < 4.78 is 88.7. The van der Waals surface area contributed by atoms with Crippen LogP contribution in [-0.4, -0.2) is 20.2 Å². The first-order chi connectivity index (χ1) is 15.9. The van der Waals surface area contributed by atoms with Gasteiger partial charge in [-0.1, -0.05) is 0 Å². The minimum Gasteiger partial charge on any atom is -0.507 e. The molecule has 2 N–H and O–H groups in total. The van der Waals surface area contributed by atoms with E-state index in [-0.39, 0.29) is 45.1 Å². The zero-order chi connectivity index (χ0) is 24.4. The van der Waals surface area contributed by atoms with E-state index in [1.54, 1.807) is 0 Å². The van der Waals surface area contributed by atoms with Crippen molar-refractivity contribution in [1.29, 1.82) is 0 Å². The van der Waals surface area contributed by atoms with Gasteiger partial charge in [-0.3, -0.25) is 0 Å². The summed E-state index contributed by atoms with van der Waals surface area (Å²) in [7, 11) is 0. The van der Waals surface area contributed by atoms with Crippen molar-refractivity contribution >= 4 is 22.2 Å². The quantitative estimate of drug-likeness (QED) is 0.272. The molecular weight excluding hydrogens is 470 g/mol. The highest BCUT2D eigenvalue weighted by Crippen LogP contribution is 2.41. The molecule has 0 saturated heterocycles. The Kier molecular flexibility index (Phi) is 4.54. The summed E-state index contributed by atoms with van der Waals surface area (Å²) >= 11 is 0. The molecule has 174 valence electrons. The Labute approximate surface area is 184 Å². The normalized spacial score (nSPS) is 12.6. The average molecular weight is 480 g/mol. The topological polar surface area (TPSA) is 92.5 Å². The zero-order valence-corrected chi connectivity index (χ0v) is 16.5. The first-order valence-electron chi connectivity index (χ1n) is 9.42. The molecule has 0 spiro atoms. The van der Waals surface area contributed by atoms with Crippen LogP contribution in [0.1, 0.15) is 11.1 Å². The van der Waals surface area contributed by atoms with Gasteiger partial charge in [0.05, 0.1) is 22.3 Å². The molecule has 0 amide bonds. The lowest BCUT2D eigenvalue weighted by Gasteiger charge is -2.05. The van der Waals surface area contributed by atoms with Gasteiger partial charge >= 0.3 is 12.4 Å². The predicted molar refractivity (Wildman–Crippen MR) is 106 cm³/mol. The maximum absolute atomic E-state index is 13.0. The molecule has 5 rings (SSSR count). The molecule has 6 nitrogen and oxygen atoms in total. The second-order valence-corrected chi connectivity index (χ2v) is 7.29. The Hall–Kier alpha value is -4.22. The van der Waals surface area contributed by atoms with Crippen LogP contribution >= 0.6 is 0 Å². The molecule has 0 aliphatic rings. The van der Waals surface area contributed by atoms with E-state index >= 15 is 0 Å². The molecule has 0 aliphatic carbocycles. The van der Waals surface area contributed by atoms with Crippen molar-refractivity contribution in [2.24, 2.45) is 0 Å². The largest absolute Gasteiger partial charge is 0.507 e. The number of hydrogen-bond acceptors (Lipinski definition) is 6. The Morgan fingerprint density at radius 2 is 1.00 bits per heavy atom. The lowest BCUT2D eigenvalue weighted by atomic mass is 10.1. The smallest absolute Gasteiger partial charge is 0.416 e. The van der Waals surface area contributed by atoms with Crippen LogP contribution in [0.3, 0.4) is 0 Å². The first kappa shape index (κ1) is 21.6. The molecule has 0 radical (unpaired) electrons. The van der Waals surface area contributed by atoms with E-state index < -0.39 is 35.0 Å². The SMILES string of the molecule is Oc1cc(O)c(-c2nc3cc(C(F)(F)F)ccc3o2)cc1-c1nc2cc(C(F)(F)F)ccc2o1. The van der Waals surface area contributed by atoms with E-state index in [0.29, 0.717) is 0 Å². The van der Waals surface area contributed by atoms with Crippen molar-refractivity contribution < 1.29 is 45.4 Å². The highest BCUT2D eigenvalue weighted by Gasteiger charge is 2.32. The van der Waals surface area contributed by atoms with Gasteiger partial charge in [-0.2, -0.15) is 26.3 Å². The number of nitrogens with zero attached hydrogens (tertiary/aromatic N) is 2. The van der Waals surface area contributed by atoms with Gasteiger partial charge in [-0.25, -0.2) is 9.97 Å². The maximum atomic E-state index is 13.0. The molecule has 2 heterocycles. The van der Waals surface area contributed by atoms with Gasteiger partial charge in [0.1, 0.15) is 22.5 Å². The fraction of sp³-hybridized carbons (Fsp3) is 0.0909. The molecule has 0 aliphatic heterocycles. The summed E-state index contributed by atoms with van der Waals surface area (Å²) in [6.07, 6.45) is -9.19. The minimum atomic E-state index is -4.60. The van der Waals surface area contributed by atoms with Crippen LogP contribution in [0.25, 0.3) is 45.1 Å². The van der Waals surface area contributed by atoms with Crippen LogP contribution in [0.4, 0.5) is 26.3 Å². The molecule has 0 atom stereocenters. The van der Waals surface area contributed by atoms with Gasteiger partial charge in [0.15, 0.2) is 11.2 Å². The molecule has 0 fully saturated rings. The lowest BCUT2D eigenvalue weighted by Crippen LogP contribution is -2.03. The summed E-state index contributed by atoms with van der Waals surface area (Å²) in [6.45, 7) is 0. The van der Waals surface area contributed by atoms with E-state index in [2.05, 4.69) is 9.97 Å². The third-order valence-electron chi connectivity index (χ3n) is 5.00. The Morgan fingerprint density at radius 1 is 0.588 bits per heavy atom. The van der Waals surface area contributed by atoms with Crippen molar-refractivity contribution in [3.05, 3.63) is 59.7 Å². The van der Waals surface area contributed by atoms with E-state index in [1.807, 2.05) is 0 Å². The Balaban J connectivity index is 1.61. The number of phenols is 2. The second-order valence-electron chi connectivity index (χ2n) is 7.29. The van der Waals surface area contributed by atoms with Crippen LogP contribution in [0.5, 0.6) is 11.5 Å². The Bertz CT molecular complexity index is 1450. The van der Waals surface area contributed by atoms with Gasteiger partial charge < -0.3 is 19.0 Å². The molecule has 0 bridgehead atoms. The predicted octanol–water partition coefficient (Wildman–Crippen LogP) is 6.75. The number of aromatic nitrogens is 2. The number of aromatic hydroxyl groups is 2. The van der Waals surface area contributed by atoms with Crippen LogP contribution < -0.4 is 0 Å². The van der Waals surface area contributed by atoms with Crippen molar-refractivity contribution in [3.8, 4) is 34.4 Å². The molecule has 0 saturated carbocycles. The highest BCUT2D eigenvalue weighted by atomic mass is 19.4. The number of benzene rings is 3. The fourth-order valence-corrected chi connectivity index (χ4v) is 3.36. The van der Waals surface area contributed by atoms with E-state index in [9.17, 15) is 36.6 Å². The van der Waals surface area contributed by atoms with Crippen molar-refractivity contribution in [2.75, 3.05) is 0 Å². The average Bonchev–Trinajstić information content (AvgIpc) is 3.35. The van der Waals surface area contributed by atoms with Gasteiger partial charge in [0, 0.05) is 6.07 Å². The van der Waals surface area contributed by atoms with E-state index in [4.69, 9.17) is 8.83 Å². The first-order valence-corrected chi connectivity index (χ1v) is 9.42. The number of halogens is 6. The zero-order valence-electron chi connectivity index (χ0n) is 16.5. The number of phenolic OH excluding ortho intramolecular Hbond substituents is 2. The standard InChI is InChI=1S/C22H10F6N2O4/c23-21(24,25)9-1-3-17-13(5-9)29-19(33-17)11-7-12(16(32)8-15(11)31)20-30-14-6-10(22(26,27)28)2-4-18(14)34-20/h1-8,31-32H. The third-order valence-corrected chi connectivity index (χ3v) is 5.00. The minimum absolute atomic E-state index is 0.0126. The molecule has 2 aromatic heterocycles. The molecule has 0 unspecified atom stereocenters. The van der Waals surface area contributed by atoms with Crippen molar-refractivity contribution in [3.63, 3.8) is 0 Å². The van der Waals surface area contributed by atoms with Crippen molar-refractivity contribution in [2.45, 2.75) is 12.4 Å². The van der Waals surface area contributed by atoms with Crippen LogP contribution in [0, 0.1) is 0 Å². The maximum Gasteiger partial charge on any atom is 0.416 e. The summed E-state index contributed by atoms with van der Waals surface area (Å²) in [6, 6.07) is 7.38. The highest BCUT2D eigenvalue weighted by molar-refractivity contribution is 5.83. The third kappa shape index (κ3) is 3.66. The summed E-state index contributed by atoms with van der Waals surface area (Å²) in [5.41, 5.74) is -2.34. The van der Waals surface area contributed by atoms with E-state index in [0.717, 1.165) is 48.5 Å². The van der Waals surface area contributed by atoms with E-state index in [1.165, 1.54) is 0 Å². The number of hydrogen-bond donors (Lipinski definition) is 2. The van der Waals surface area contributed by atoms with Crippen molar-refractivity contribution in [1.82, 2.24) is 9.97 Å². The molecular formula is C22H10F6N2O4. The summed E-state index contributed by atoms with van der Waals surface area (Å²) in [4.78, 5) is 7.96. The second kappa shape index (κ2) is 7.14. The number of rotatable bonds is 2.